The number of carbonyl (C=O) groups excluding carboxylic acids is 1. The summed E-state index contributed by atoms with van der Waals surface area (Å²) in [4.78, 5) is 24.2. The topological polar surface area (TPSA) is 62.5 Å². The Morgan fingerprint density at radius 2 is 1.91 bits per heavy atom. The molecule has 2 aromatic heterocycles. The molecule has 5 rings (SSSR count). The highest BCUT2D eigenvalue weighted by molar-refractivity contribution is 7.21. The van der Waals surface area contributed by atoms with Gasteiger partial charge < -0.3 is 15.5 Å². The summed E-state index contributed by atoms with van der Waals surface area (Å²) in [7, 11) is 0. The summed E-state index contributed by atoms with van der Waals surface area (Å²) >= 11 is 7.67. The Bertz CT molecular complexity index is 1250. The van der Waals surface area contributed by atoms with Crippen LogP contribution in [-0.4, -0.2) is 42.0 Å². The molecule has 1 aliphatic heterocycles. The maximum Gasteiger partial charge on any atom is 0.266 e. The van der Waals surface area contributed by atoms with Gasteiger partial charge in [-0.05, 0) is 66.8 Å². The SMILES string of the molecule is Cc1ccc(Cl)cc1N1CCN(C(=O)c2sc3nc4c(cc3c2N)CC(C(C)(C)C)CC4)CC1. The Balaban J connectivity index is 1.35. The van der Waals surface area contributed by atoms with Crippen LogP contribution in [-0.2, 0) is 12.8 Å². The number of piperazine rings is 1. The average Bonchev–Trinajstić information content (AvgIpc) is 3.13. The standard InChI is InChI=1S/C27H33ClN4OS/c1-16-5-7-19(28)15-22(16)31-9-11-32(12-10-31)26(33)24-23(29)20-14-17-13-18(27(2,3)4)6-8-21(17)30-25(20)34-24/h5,7,14-15,18H,6,8-13,29H2,1-4H3. The summed E-state index contributed by atoms with van der Waals surface area (Å²) in [6.07, 6.45) is 3.20. The van der Waals surface area contributed by atoms with Gasteiger partial charge in [0.25, 0.3) is 5.91 Å². The van der Waals surface area contributed by atoms with Gasteiger partial charge in [0.05, 0.1) is 5.69 Å². The number of hydrogen-bond acceptors (Lipinski definition) is 5. The highest BCUT2D eigenvalue weighted by Crippen LogP contribution is 2.40. The predicted molar refractivity (Wildman–Crippen MR) is 143 cm³/mol. The van der Waals surface area contributed by atoms with Crippen LogP contribution in [0.2, 0.25) is 5.02 Å². The van der Waals surface area contributed by atoms with E-state index >= 15 is 0 Å². The Labute approximate surface area is 210 Å². The van der Waals surface area contributed by atoms with Crippen LogP contribution in [0.3, 0.4) is 0 Å². The van der Waals surface area contributed by atoms with Crippen molar-refractivity contribution in [3.63, 3.8) is 0 Å². The van der Waals surface area contributed by atoms with Crippen molar-refractivity contribution in [3.05, 3.63) is 51.0 Å². The Morgan fingerprint density at radius 1 is 1.18 bits per heavy atom. The number of nitrogens with zero attached hydrogens (tertiary/aromatic N) is 3. The molecule has 0 spiro atoms. The van der Waals surface area contributed by atoms with E-state index in [9.17, 15) is 4.79 Å². The van der Waals surface area contributed by atoms with Crippen molar-refractivity contribution in [2.24, 2.45) is 11.3 Å². The fraction of sp³-hybridized carbons (Fsp3) is 0.481. The van der Waals surface area contributed by atoms with Gasteiger partial charge in [0.2, 0.25) is 0 Å². The number of pyridine rings is 1. The minimum atomic E-state index is 0.0218. The lowest BCUT2D eigenvalue weighted by Crippen LogP contribution is -2.49. The molecule has 7 heteroatoms. The summed E-state index contributed by atoms with van der Waals surface area (Å²) in [5, 5.41) is 1.68. The zero-order valence-electron chi connectivity index (χ0n) is 20.4. The number of nitrogen functional groups attached to an aromatic ring is 1. The van der Waals surface area contributed by atoms with E-state index in [1.54, 1.807) is 0 Å². The van der Waals surface area contributed by atoms with E-state index in [1.165, 1.54) is 28.2 Å². The minimum Gasteiger partial charge on any atom is -0.397 e. The maximum absolute atomic E-state index is 13.4. The lowest BCUT2D eigenvalue weighted by molar-refractivity contribution is 0.0752. The van der Waals surface area contributed by atoms with Gasteiger partial charge in [0, 0.05) is 48.0 Å². The summed E-state index contributed by atoms with van der Waals surface area (Å²) in [6, 6.07) is 8.18. The van der Waals surface area contributed by atoms with Crippen LogP contribution in [0.5, 0.6) is 0 Å². The first-order valence-corrected chi connectivity index (χ1v) is 13.3. The fourth-order valence-electron chi connectivity index (χ4n) is 5.31. The highest BCUT2D eigenvalue weighted by atomic mass is 35.5. The van der Waals surface area contributed by atoms with Gasteiger partial charge in [-0.2, -0.15) is 0 Å². The van der Waals surface area contributed by atoms with E-state index in [1.807, 2.05) is 23.1 Å². The van der Waals surface area contributed by atoms with Crippen molar-refractivity contribution in [2.45, 2.75) is 47.0 Å². The smallest absolute Gasteiger partial charge is 0.266 e. The largest absolute Gasteiger partial charge is 0.397 e. The van der Waals surface area contributed by atoms with Crippen LogP contribution in [0.25, 0.3) is 10.2 Å². The molecule has 0 bridgehead atoms. The molecule has 1 saturated heterocycles. The van der Waals surface area contributed by atoms with Crippen molar-refractivity contribution >= 4 is 50.4 Å². The zero-order chi connectivity index (χ0) is 24.2. The van der Waals surface area contributed by atoms with E-state index < -0.39 is 0 Å². The van der Waals surface area contributed by atoms with Gasteiger partial charge in [-0.3, -0.25) is 4.79 Å². The van der Waals surface area contributed by atoms with Crippen LogP contribution in [0.1, 0.15) is 53.7 Å². The van der Waals surface area contributed by atoms with E-state index in [4.69, 9.17) is 22.3 Å². The number of aryl methyl sites for hydroxylation is 2. The molecule has 34 heavy (non-hydrogen) atoms. The molecule has 2 N–H and O–H groups in total. The van der Waals surface area contributed by atoms with Crippen molar-refractivity contribution < 1.29 is 4.79 Å². The van der Waals surface area contributed by atoms with Crippen molar-refractivity contribution in [3.8, 4) is 0 Å². The average molecular weight is 497 g/mol. The molecule has 1 atom stereocenters. The van der Waals surface area contributed by atoms with E-state index in [0.717, 1.165) is 53.3 Å². The van der Waals surface area contributed by atoms with Gasteiger partial charge >= 0.3 is 0 Å². The predicted octanol–water partition coefficient (Wildman–Crippen LogP) is 5.95. The Morgan fingerprint density at radius 3 is 2.62 bits per heavy atom. The second kappa shape index (κ2) is 8.72. The second-order valence-corrected chi connectivity index (χ2v) is 12.2. The van der Waals surface area contributed by atoms with E-state index in [0.29, 0.717) is 29.6 Å². The summed E-state index contributed by atoms with van der Waals surface area (Å²) in [5.41, 5.74) is 12.2. The van der Waals surface area contributed by atoms with Gasteiger partial charge in [-0.1, -0.05) is 38.4 Å². The van der Waals surface area contributed by atoms with Gasteiger partial charge in [-0.25, -0.2) is 4.98 Å². The lowest BCUT2D eigenvalue weighted by atomic mass is 9.71. The van der Waals surface area contributed by atoms with Crippen LogP contribution in [0, 0.1) is 18.3 Å². The third-order valence-corrected chi connectivity index (χ3v) is 8.92. The van der Waals surface area contributed by atoms with Crippen molar-refractivity contribution in [2.75, 3.05) is 36.8 Å². The van der Waals surface area contributed by atoms with Crippen LogP contribution in [0.4, 0.5) is 11.4 Å². The van der Waals surface area contributed by atoms with E-state index in [2.05, 4.69) is 38.7 Å². The number of anilines is 2. The number of aromatic nitrogens is 1. The number of nitrogens with two attached hydrogens (primary N) is 1. The number of carbonyl (C=O) groups is 1. The Hall–Kier alpha value is -2.31. The molecule has 1 aliphatic carbocycles. The molecule has 0 radical (unpaired) electrons. The number of benzene rings is 1. The van der Waals surface area contributed by atoms with Crippen LogP contribution >= 0.6 is 22.9 Å². The molecule has 2 aliphatic rings. The van der Waals surface area contributed by atoms with Gasteiger partial charge in [0.15, 0.2) is 0 Å². The molecule has 1 amide bonds. The number of halogens is 1. The first kappa shape index (κ1) is 23.4. The third-order valence-electron chi connectivity index (χ3n) is 7.58. The number of amides is 1. The quantitative estimate of drug-likeness (QED) is 0.476. The molecule has 5 nitrogen and oxygen atoms in total. The number of fused-ring (bicyclic) bond motifs is 2. The molecule has 1 unspecified atom stereocenters. The zero-order valence-corrected chi connectivity index (χ0v) is 22.0. The fourth-order valence-corrected chi connectivity index (χ4v) is 6.54. The van der Waals surface area contributed by atoms with E-state index in [-0.39, 0.29) is 11.3 Å². The molecule has 3 heterocycles. The lowest BCUT2D eigenvalue weighted by Gasteiger charge is -2.36. The second-order valence-electron chi connectivity index (χ2n) is 10.8. The van der Waals surface area contributed by atoms with Gasteiger partial charge in [-0.15, -0.1) is 11.3 Å². The van der Waals surface area contributed by atoms with Crippen LogP contribution in [0.15, 0.2) is 24.3 Å². The van der Waals surface area contributed by atoms with Crippen molar-refractivity contribution in [1.29, 1.82) is 0 Å². The molecular formula is C27H33ClN4OS. The summed E-state index contributed by atoms with van der Waals surface area (Å²) in [5.74, 6) is 0.660. The molecule has 180 valence electrons. The maximum atomic E-state index is 13.4. The normalized spacial score (nSPS) is 18.9. The molecule has 1 aromatic carbocycles. The number of rotatable bonds is 2. The Kier molecular flexibility index (Phi) is 6.01. The van der Waals surface area contributed by atoms with Crippen LogP contribution < -0.4 is 10.6 Å². The summed E-state index contributed by atoms with van der Waals surface area (Å²) < 4.78 is 0. The van der Waals surface area contributed by atoms with Crippen molar-refractivity contribution in [1.82, 2.24) is 9.88 Å². The molecular weight excluding hydrogens is 464 g/mol. The molecule has 3 aromatic rings. The monoisotopic (exact) mass is 496 g/mol. The number of thiophene rings is 1. The first-order chi connectivity index (χ1) is 16.1. The van der Waals surface area contributed by atoms with Gasteiger partial charge in [0.1, 0.15) is 9.71 Å². The molecule has 1 fully saturated rings. The first-order valence-electron chi connectivity index (χ1n) is 12.1. The third kappa shape index (κ3) is 4.27. The number of hydrogen-bond donors (Lipinski definition) is 1. The summed E-state index contributed by atoms with van der Waals surface area (Å²) in [6.45, 7) is 11.9. The molecule has 0 saturated carbocycles. The minimum absolute atomic E-state index is 0.0218. The highest BCUT2D eigenvalue weighted by Gasteiger charge is 2.31.